The van der Waals surface area contributed by atoms with Gasteiger partial charge in [0.1, 0.15) is 6.04 Å². The molecule has 0 spiro atoms. The minimum absolute atomic E-state index is 0.180. The average Bonchev–Trinajstić information content (AvgIpc) is 2.99. The minimum Gasteiger partial charge on any atom is -0.467 e. The molecule has 0 radical (unpaired) electrons. The van der Waals surface area contributed by atoms with E-state index in [9.17, 15) is 9.59 Å². The number of ether oxygens (including phenoxy) is 1. The molecule has 2 heterocycles. The smallest absolute Gasteiger partial charge is 0.328 e. The number of carbonyl (C=O) groups excluding carboxylic acids is 2. The molecule has 110 valence electrons. The van der Waals surface area contributed by atoms with Crippen molar-refractivity contribution in [2.24, 2.45) is 0 Å². The van der Waals surface area contributed by atoms with Crippen molar-refractivity contribution in [2.45, 2.75) is 18.9 Å². The highest BCUT2D eigenvalue weighted by Gasteiger charge is 2.22. The van der Waals surface area contributed by atoms with Crippen molar-refractivity contribution in [1.29, 1.82) is 0 Å². The van der Waals surface area contributed by atoms with E-state index in [1.807, 2.05) is 0 Å². The summed E-state index contributed by atoms with van der Waals surface area (Å²) in [5.74, 6) is -0.746. The number of hydrogen-bond acceptors (Lipinski definition) is 5. The summed E-state index contributed by atoms with van der Waals surface area (Å²) >= 11 is 0. The Hall–Kier alpha value is -2.70. The Labute approximate surface area is 121 Å². The van der Waals surface area contributed by atoms with E-state index < -0.39 is 12.0 Å². The number of nitrogens with one attached hydrogen (secondary N) is 2. The van der Waals surface area contributed by atoms with Crippen molar-refractivity contribution in [3.8, 4) is 0 Å². The zero-order chi connectivity index (χ0) is 15.1. The summed E-state index contributed by atoms with van der Waals surface area (Å²) in [7, 11) is 1.29. The molecule has 0 saturated heterocycles. The second-order valence-electron chi connectivity index (χ2n) is 4.46. The molecule has 1 amide bonds. The summed E-state index contributed by atoms with van der Waals surface area (Å²) in [6, 6.07) is 2.76. The van der Waals surface area contributed by atoms with Crippen molar-refractivity contribution >= 4 is 11.9 Å². The third kappa shape index (κ3) is 4.41. The van der Waals surface area contributed by atoms with Crippen molar-refractivity contribution in [2.75, 3.05) is 7.11 Å². The van der Waals surface area contributed by atoms with Crippen LogP contribution in [-0.2, 0) is 27.2 Å². The maximum atomic E-state index is 12.0. The van der Waals surface area contributed by atoms with E-state index in [0.717, 1.165) is 11.3 Å². The Morgan fingerprint density at radius 1 is 1.33 bits per heavy atom. The van der Waals surface area contributed by atoms with Gasteiger partial charge in [-0.2, -0.15) is 0 Å². The first-order valence-electron chi connectivity index (χ1n) is 6.42. The Balaban J connectivity index is 1.97. The van der Waals surface area contributed by atoms with E-state index in [-0.39, 0.29) is 12.3 Å². The fourth-order valence-corrected chi connectivity index (χ4v) is 1.88. The number of pyridine rings is 1. The van der Waals surface area contributed by atoms with E-state index >= 15 is 0 Å². The first-order valence-corrected chi connectivity index (χ1v) is 6.42. The molecular formula is C14H16N4O3. The molecule has 1 atom stereocenters. The van der Waals surface area contributed by atoms with Gasteiger partial charge in [-0.25, -0.2) is 9.78 Å². The first-order chi connectivity index (χ1) is 10.2. The van der Waals surface area contributed by atoms with Crippen LogP contribution in [0.2, 0.25) is 0 Å². The maximum absolute atomic E-state index is 12.0. The highest BCUT2D eigenvalue weighted by Crippen LogP contribution is 2.02. The first kappa shape index (κ1) is 14.7. The van der Waals surface area contributed by atoms with E-state index in [1.54, 1.807) is 30.7 Å². The summed E-state index contributed by atoms with van der Waals surface area (Å²) in [4.78, 5) is 34.4. The number of carbonyl (C=O) groups is 2. The molecule has 2 N–H and O–H groups in total. The highest BCUT2D eigenvalue weighted by atomic mass is 16.5. The van der Waals surface area contributed by atoms with Gasteiger partial charge in [0.25, 0.3) is 0 Å². The zero-order valence-corrected chi connectivity index (χ0v) is 11.6. The largest absolute Gasteiger partial charge is 0.467 e. The van der Waals surface area contributed by atoms with Gasteiger partial charge < -0.3 is 15.0 Å². The number of amides is 1. The Kier molecular flexibility index (Phi) is 5.03. The lowest BCUT2D eigenvalue weighted by atomic mass is 10.1. The molecule has 0 aliphatic rings. The Morgan fingerprint density at radius 2 is 2.10 bits per heavy atom. The fraction of sp³-hybridized carbons (Fsp3) is 0.286. The molecule has 0 aliphatic carbocycles. The van der Waals surface area contributed by atoms with Gasteiger partial charge in [0.15, 0.2) is 0 Å². The molecule has 0 bridgehead atoms. The lowest BCUT2D eigenvalue weighted by Crippen LogP contribution is -2.43. The van der Waals surface area contributed by atoms with Crippen LogP contribution in [0.3, 0.4) is 0 Å². The Morgan fingerprint density at radius 3 is 2.71 bits per heavy atom. The quantitative estimate of drug-likeness (QED) is 0.743. The summed E-state index contributed by atoms with van der Waals surface area (Å²) < 4.78 is 4.71. The molecule has 0 saturated carbocycles. The maximum Gasteiger partial charge on any atom is 0.328 e. The van der Waals surface area contributed by atoms with Crippen molar-refractivity contribution < 1.29 is 14.3 Å². The lowest BCUT2D eigenvalue weighted by Gasteiger charge is -2.15. The third-order valence-electron chi connectivity index (χ3n) is 2.91. The third-order valence-corrected chi connectivity index (χ3v) is 2.91. The molecule has 0 aliphatic heterocycles. The van der Waals surface area contributed by atoms with Crippen LogP contribution < -0.4 is 5.32 Å². The Bertz CT molecular complexity index is 584. The number of aromatic nitrogens is 3. The van der Waals surface area contributed by atoms with Gasteiger partial charge in [-0.05, 0) is 17.7 Å². The van der Waals surface area contributed by atoms with Gasteiger partial charge in [0.05, 0.1) is 19.9 Å². The van der Waals surface area contributed by atoms with E-state index in [2.05, 4.69) is 20.3 Å². The molecule has 7 heteroatoms. The van der Waals surface area contributed by atoms with Gasteiger partial charge >= 0.3 is 5.97 Å². The van der Waals surface area contributed by atoms with E-state index in [0.29, 0.717) is 6.42 Å². The summed E-state index contributed by atoms with van der Waals surface area (Å²) in [6.07, 6.45) is 6.83. The van der Waals surface area contributed by atoms with E-state index in [1.165, 1.54) is 13.4 Å². The number of methoxy groups -OCH3 is 1. The molecular weight excluding hydrogens is 272 g/mol. The van der Waals surface area contributed by atoms with Gasteiger partial charge in [0.2, 0.25) is 5.91 Å². The number of rotatable bonds is 6. The van der Waals surface area contributed by atoms with Crippen LogP contribution in [0.25, 0.3) is 0 Å². The number of aromatic amines is 1. The molecule has 2 rings (SSSR count). The average molecular weight is 288 g/mol. The van der Waals surface area contributed by atoms with Gasteiger partial charge in [-0.3, -0.25) is 9.78 Å². The van der Waals surface area contributed by atoms with Crippen LogP contribution in [0.15, 0.2) is 37.1 Å². The van der Waals surface area contributed by atoms with Crippen LogP contribution >= 0.6 is 0 Å². The van der Waals surface area contributed by atoms with Gasteiger partial charge in [-0.15, -0.1) is 0 Å². The van der Waals surface area contributed by atoms with Crippen molar-refractivity contribution in [3.05, 3.63) is 48.3 Å². The minimum atomic E-state index is -0.746. The SMILES string of the molecule is COC(=O)[C@H](Cc1cnc[nH]1)NC(=O)Cc1ccncc1. The number of imidazole rings is 1. The summed E-state index contributed by atoms with van der Waals surface area (Å²) in [6.45, 7) is 0. The second-order valence-corrected chi connectivity index (χ2v) is 4.46. The number of nitrogens with zero attached hydrogens (tertiary/aromatic N) is 2. The standard InChI is InChI=1S/C14H16N4O3/c1-21-14(20)12(7-11-8-16-9-17-11)18-13(19)6-10-2-4-15-5-3-10/h2-5,8-9,12H,6-7H2,1H3,(H,16,17)(H,18,19)/t12-/m0/s1. The summed E-state index contributed by atoms with van der Waals surface area (Å²) in [5.41, 5.74) is 1.57. The zero-order valence-electron chi connectivity index (χ0n) is 11.6. The highest BCUT2D eigenvalue weighted by molar-refractivity contribution is 5.85. The molecule has 0 aromatic carbocycles. The van der Waals surface area contributed by atoms with Crippen LogP contribution in [0.1, 0.15) is 11.3 Å². The topological polar surface area (TPSA) is 97.0 Å². The van der Waals surface area contributed by atoms with Crippen LogP contribution in [0, 0.1) is 0 Å². The van der Waals surface area contributed by atoms with Crippen molar-refractivity contribution in [1.82, 2.24) is 20.3 Å². The molecule has 2 aromatic heterocycles. The predicted molar refractivity (Wildman–Crippen MR) is 74.2 cm³/mol. The molecule has 0 fully saturated rings. The number of H-pyrrole nitrogens is 1. The molecule has 2 aromatic rings. The predicted octanol–water partition coefficient (Wildman–Crippen LogP) is 0.248. The summed E-state index contributed by atoms with van der Waals surface area (Å²) in [5, 5.41) is 2.67. The molecule has 21 heavy (non-hydrogen) atoms. The number of esters is 1. The molecule has 7 nitrogen and oxygen atoms in total. The fourth-order valence-electron chi connectivity index (χ4n) is 1.88. The molecule has 0 unspecified atom stereocenters. The lowest BCUT2D eigenvalue weighted by molar-refractivity contribution is -0.145. The monoisotopic (exact) mass is 288 g/mol. The van der Waals surface area contributed by atoms with Gasteiger partial charge in [-0.1, -0.05) is 0 Å². The number of hydrogen-bond donors (Lipinski definition) is 2. The van der Waals surface area contributed by atoms with Crippen LogP contribution in [-0.4, -0.2) is 40.0 Å². The van der Waals surface area contributed by atoms with Gasteiger partial charge in [0, 0.05) is 30.7 Å². The van der Waals surface area contributed by atoms with E-state index in [4.69, 9.17) is 4.74 Å². The second kappa shape index (κ2) is 7.18. The van der Waals surface area contributed by atoms with Crippen LogP contribution in [0.4, 0.5) is 0 Å². The van der Waals surface area contributed by atoms with Crippen molar-refractivity contribution in [3.63, 3.8) is 0 Å². The normalized spacial score (nSPS) is 11.7. The van der Waals surface area contributed by atoms with Crippen LogP contribution in [0.5, 0.6) is 0 Å².